The topological polar surface area (TPSA) is 66.4 Å². The van der Waals surface area contributed by atoms with Gasteiger partial charge in [-0.25, -0.2) is 4.79 Å². The smallest absolute Gasteiger partial charge is 0.326 e. The normalized spacial score (nSPS) is 19.8. The van der Waals surface area contributed by atoms with E-state index in [0.29, 0.717) is 0 Å². The van der Waals surface area contributed by atoms with Crippen LogP contribution in [-0.2, 0) is 16.0 Å². The first kappa shape index (κ1) is 14.1. The van der Waals surface area contributed by atoms with Crippen LogP contribution in [0.1, 0.15) is 43.0 Å². The molecule has 1 aromatic rings. The van der Waals surface area contributed by atoms with E-state index in [1.807, 2.05) is 11.4 Å². The van der Waals surface area contributed by atoms with E-state index in [1.165, 1.54) is 4.88 Å². The Morgan fingerprint density at radius 2 is 2.21 bits per heavy atom. The van der Waals surface area contributed by atoms with Crippen molar-refractivity contribution in [2.45, 2.75) is 45.1 Å². The van der Waals surface area contributed by atoms with E-state index in [1.54, 1.807) is 25.2 Å². The van der Waals surface area contributed by atoms with Gasteiger partial charge in [0.05, 0.1) is 5.92 Å². The summed E-state index contributed by atoms with van der Waals surface area (Å²) in [4.78, 5) is 24.7. The van der Waals surface area contributed by atoms with Gasteiger partial charge in [0.1, 0.15) is 6.04 Å². The molecule has 2 atom stereocenters. The van der Waals surface area contributed by atoms with E-state index < -0.39 is 12.0 Å². The average Bonchev–Trinajstić information content (AvgIpc) is 2.82. The van der Waals surface area contributed by atoms with Crippen LogP contribution in [0.5, 0.6) is 0 Å². The number of aliphatic carboxylic acids is 1. The van der Waals surface area contributed by atoms with Gasteiger partial charge in [-0.3, -0.25) is 4.79 Å². The van der Waals surface area contributed by atoms with Gasteiger partial charge in [0.15, 0.2) is 0 Å². The van der Waals surface area contributed by atoms with Crippen molar-refractivity contribution < 1.29 is 14.7 Å². The van der Waals surface area contributed by atoms with Crippen molar-refractivity contribution in [1.29, 1.82) is 0 Å². The van der Waals surface area contributed by atoms with Crippen molar-refractivity contribution in [3.8, 4) is 0 Å². The lowest BCUT2D eigenvalue weighted by Gasteiger charge is -2.25. The fourth-order valence-corrected chi connectivity index (χ4v) is 3.51. The van der Waals surface area contributed by atoms with Crippen LogP contribution in [0.25, 0.3) is 0 Å². The molecule has 0 fully saturated rings. The molecule has 0 radical (unpaired) electrons. The van der Waals surface area contributed by atoms with Gasteiger partial charge in [0, 0.05) is 4.88 Å². The summed E-state index contributed by atoms with van der Waals surface area (Å²) in [5, 5.41) is 13.8. The zero-order chi connectivity index (χ0) is 14.0. The number of rotatable bonds is 4. The molecule has 1 aliphatic rings. The third kappa shape index (κ3) is 2.97. The van der Waals surface area contributed by atoms with Crippen molar-refractivity contribution >= 4 is 23.2 Å². The monoisotopic (exact) mass is 281 g/mol. The molecule has 4 nitrogen and oxygen atoms in total. The number of hydrogen-bond donors (Lipinski definition) is 2. The lowest BCUT2D eigenvalue weighted by Crippen LogP contribution is -2.46. The molecule has 1 unspecified atom stereocenters. The predicted molar refractivity (Wildman–Crippen MR) is 74.4 cm³/mol. The Morgan fingerprint density at radius 3 is 2.84 bits per heavy atom. The minimum Gasteiger partial charge on any atom is -0.480 e. The number of carbonyl (C=O) groups excluding carboxylic acids is 1. The van der Waals surface area contributed by atoms with Crippen LogP contribution in [0.2, 0.25) is 0 Å². The number of nitrogens with one attached hydrogen (secondary N) is 1. The molecule has 1 aromatic heterocycles. The number of carboxylic acid groups (broad SMARTS) is 1. The van der Waals surface area contributed by atoms with Gasteiger partial charge in [-0.05, 0) is 42.2 Å². The van der Waals surface area contributed by atoms with Crippen molar-refractivity contribution in [1.82, 2.24) is 5.32 Å². The number of carboxylic acids is 1. The highest BCUT2D eigenvalue weighted by Gasteiger charge is 2.31. The molecule has 1 heterocycles. The highest BCUT2D eigenvalue weighted by Crippen LogP contribution is 2.35. The molecule has 2 N–H and O–H groups in total. The maximum atomic E-state index is 12.3. The van der Waals surface area contributed by atoms with E-state index >= 15 is 0 Å². The highest BCUT2D eigenvalue weighted by molar-refractivity contribution is 7.10. The van der Waals surface area contributed by atoms with Crippen LogP contribution >= 0.6 is 11.3 Å². The van der Waals surface area contributed by atoms with Crippen molar-refractivity contribution in [3.05, 3.63) is 21.9 Å². The van der Waals surface area contributed by atoms with Crippen LogP contribution in [0.4, 0.5) is 0 Å². The fraction of sp³-hybridized carbons (Fsp3) is 0.571. The minimum atomic E-state index is -0.968. The van der Waals surface area contributed by atoms with Crippen LogP contribution in [0.3, 0.4) is 0 Å². The first-order valence-corrected chi connectivity index (χ1v) is 7.48. The van der Waals surface area contributed by atoms with E-state index in [9.17, 15) is 9.59 Å². The Balaban J connectivity index is 2.11. The molecule has 0 saturated carbocycles. The SMILES string of the molecule is CC(C)[C@H](NC(=O)C1CCCc2sccc21)C(=O)O. The van der Waals surface area contributed by atoms with Crippen LogP contribution < -0.4 is 5.32 Å². The molecule has 104 valence electrons. The summed E-state index contributed by atoms with van der Waals surface area (Å²) in [5.41, 5.74) is 1.08. The van der Waals surface area contributed by atoms with Crippen molar-refractivity contribution in [2.24, 2.45) is 5.92 Å². The number of hydrogen-bond acceptors (Lipinski definition) is 3. The zero-order valence-electron chi connectivity index (χ0n) is 11.2. The van der Waals surface area contributed by atoms with Gasteiger partial charge in [-0.2, -0.15) is 0 Å². The van der Waals surface area contributed by atoms with Crippen LogP contribution in [0.15, 0.2) is 11.4 Å². The first-order chi connectivity index (χ1) is 9.00. The first-order valence-electron chi connectivity index (χ1n) is 6.60. The second-order valence-electron chi connectivity index (χ2n) is 5.31. The molecular weight excluding hydrogens is 262 g/mol. The largest absolute Gasteiger partial charge is 0.480 e. The van der Waals surface area contributed by atoms with Gasteiger partial charge in [-0.1, -0.05) is 13.8 Å². The lowest BCUT2D eigenvalue weighted by molar-refractivity contribution is -0.143. The molecule has 19 heavy (non-hydrogen) atoms. The number of carbonyl (C=O) groups is 2. The second kappa shape index (κ2) is 5.74. The van der Waals surface area contributed by atoms with Crippen LogP contribution in [0, 0.1) is 5.92 Å². The van der Waals surface area contributed by atoms with Gasteiger partial charge in [0.25, 0.3) is 0 Å². The predicted octanol–water partition coefficient (Wildman–Crippen LogP) is 2.39. The van der Waals surface area contributed by atoms with E-state index in [4.69, 9.17) is 5.11 Å². The van der Waals surface area contributed by atoms with E-state index in [0.717, 1.165) is 24.8 Å². The summed E-state index contributed by atoms with van der Waals surface area (Å²) in [5.74, 6) is -1.42. The molecule has 0 aliphatic heterocycles. The van der Waals surface area contributed by atoms with E-state index in [2.05, 4.69) is 5.32 Å². The standard InChI is InChI=1S/C14H19NO3S/c1-8(2)12(14(17)18)15-13(16)10-4-3-5-11-9(10)6-7-19-11/h6-8,10,12H,3-5H2,1-2H3,(H,15,16)(H,17,18)/t10?,12-/m0/s1. The van der Waals surface area contributed by atoms with Crippen LogP contribution in [-0.4, -0.2) is 23.0 Å². The number of thiophene rings is 1. The van der Waals surface area contributed by atoms with Gasteiger partial charge in [0.2, 0.25) is 5.91 Å². The van der Waals surface area contributed by atoms with Gasteiger partial charge in [-0.15, -0.1) is 11.3 Å². The summed E-state index contributed by atoms with van der Waals surface area (Å²) in [6.07, 6.45) is 2.83. The number of aryl methyl sites for hydroxylation is 1. The number of fused-ring (bicyclic) bond motifs is 1. The van der Waals surface area contributed by atoms with Gasteiger partial charge >= 0.3 is 5.97 Å². The summed E-state index contributed by atoms with van der Waals surface area (Å²) in [6, 6.07) is 1.19. The molecule has 0 bridgehead atoms. The number of amides is 1. The maximum absolute atomic E-state index is 12.3. The summed E-state index contributed by atoms with van der Waals surface area (Å²) >= 11 is 1.68. The summed E-state index contributed by atoms with van der Waals surface area (Å²) in [6.45, 7) is 3.60. The lowest BCUT2D eigenvalue weighted by atomic mass is 9.86. The minimum absolute atomic E-state index is 0.119. The quantitative estimate of drug-likeness (QED) is 0.890. The molecule has 0 spiro atoms. The molecule has 2 rings (SSSR count). The van der Waals surface area contributed by atoms with Gasteiger partial charge < -0.3 is 10.4 Å². The molecule has 1 aliphatic carbocycles. The molecule has 1 amide bonds. The third-order valence-corrected chi connectivity index (χ3v) is 4.60. The third-order valence-electron chi connectivity index (χ3n) is 3.60. The van der Waals surface area contributed by atoms with Crippen molar-refractivity contribution in [3.63, 3.8) is 0 Å². The Hall–Kier alpha value is -1.36. The Labute approximate surface area is 116 Å². The Bertz CT molecular complexity index is 481. The maximum Gasteiger partial charge on any atom is 0.326 e. The average molecular weight is 281 g/mol. The van der Waals surface area contributed by atoms with E-state index in [-0.39, 0.29) is 17.7 Å². The van der Waals surface area contributed by atoms with Crippen molar-refractivity contribution in [2.75, 3.05) is 0 Å². The Kier molecular flexibility index (Phi) is 4.24. The molecule has 0 saturated heterocycles. The fourth-order valence-electron chi connectivity index (χ4n) is 2.53. The highest BCUT2D eigenvalue weighted by atomic mass is 32.1. The Morgan fingerprint density at radius 1 is 1.47 bits per heavy atom. The summed E-state index contributed by atoms with van der Waals surface area (Å²) in [7, 11) is 0. The molecule has 5 heteroatoms. The zero-order valence-corrected chi connectivity index (χ0v) is 12.0. The second-order valence-corrected chi connectivity index (χ2v) is 6.31. The molecular formula is C14H19NO3S. The molecule has 0 aromatic carbocycles. The summed E-state index contributed by atoms with van der Waals surface area (Å²) < 4.78 is 0.